The molecule has 0 radical (unpaired) electrons. The van der Waals surface area contributed by atoms with E-state index in [1.807, 2.05) is 0 Å². The van der Waals surface area contributed by atoms with E-state index in [0.29, 0.717) is 0 Å². The highest BCUT2D eigenvalue weighted by molar-refractivity contribution is 7.11. The summed E-state index contributed by atoms with van der Waals surface area (Å²) in [4.78, 5) is 17.8. The number of morpholine rings is 1. The minimum absolute atomic E-state index is 0.0702. The lowest BCUT2D eigenvalue weighted by molar-refractivity contribution is -0.136. The molecule has 6 heteroatoms. The molecule has 1 fully saturated rings. The van der Waals surface area contributed by atoms with E-state index in [1.165, 1.54) is 11.3 Å². The highest BCUT2D eigenvalue weighted by atomic mass is 32.1. The van der Waals surface area contributed by atoms with Crippen molar-refractivity contribution in [2.45, 2.75) is 13.0 Å². The number of hydrogen-bond donors (Lipinski definition) is 1. The molecular weight excluding hydrogens is 228 g/mol. The van der Waals surface area contributed by atoms with E-state index in [-0.39, 0.29) is 6.42 Å². The fourth-order valence-electron chi connectivity index (χ4n) is 1.60. The molecule has 0 spiro atoms. The van der Waals surface area contributed by atoms with Gasteiger partial charge in [0.1, 0.15) is 5.01 Å². The van der Waals surface area contributed by atoms with Crippen LogP contribution in [0.1, 0.15) is 9.88 Å². The number of rotatable bonds is 4. The van der Waals surface area contributed by atoms with Crippen LogP contribution >= 0.6 is 11.3 Å². The summed E-state index contributed by atoms with van der Waals surface area (Å²) >= 11 is 1.48. The standard InChI is InChI=1S/C10H14N2O3S/c13-10(14)5-8-6-11-9(16-8)7-12-1-3-15-4-2-12/h6H,1-5,7H2,(H,13,14). The van der Waals surface area contributed by atoms with E-state index in [4.69, 9.17) is 9.84 Å². The van der Waals surface area contributed by atoms with Gasteiger partial charge in [0.05, 0.1) is 26.2 Å². The number of carboxylic acid groups (broad SMARTS) is 1. The van der Waals surface area contributed by atoms with Crippen molar-refractivity contribution in [3.05, 3.63) is 16.1 Å². The molecular formula is C10H14N2O3S. The number of aromatic nitrogens is 1. The molecule has 0 saturated carbocycles. The van der Waals surface area contributed by atoms with E-state index in [9.17, 15) is 4.79 Å². The van der Waals surface area contributed by atoms with Crippen molar-refractivity contribution >= 4 is 17.3 Å². The Morgan fingerprint density at radius 1 is 1.56 bits per heavy atom. The van der Waals surface area contributed by atoms with Gasteiger partial charge in [-0.1, -0.05) is 0 Å². The Bertz CT molecular complexity index is 361. The summed E-state index contributed by atoms with van der Waals surface area (Å²) in [6.45, 7) is 4.19. The third kappa shape index (κ3) is 3.26. The maximum Gasteiger partial charge on any atom is 0.308 e. The van der Waals surface area contributed by atoms with E-state index >= 15 is 0 Å². The Morgan fingerprint density at radius 2 is 2.31 bits per heavy atom. The number of carbonyl (C=O) groups is 1. The molecule has 0 aliphatic carbocycles. The Kier molecular flexibility index (Phi) is 3.87. The number of ether oxygens (including phenoxy) is 1. The lowest BCUT2D eigenvalue weighted by Crippen LogP contribution is -2.35. The van der Waals surface area contributed by atoms with E-state index in [1.54, 1.807) is 6.20 Å². The van der Waals surface area contributed by atoms with Gasteiger partial charge in [-0.25, -0.2) is 4.98 Å². The smallest absolute Gasteiger partial charge is 0.308 e. The van der Waals surface area contributed by atoms with Gasteiger partial charge in [0.25, 0.3) is 0 Å². The van der Waals surface area contributed by atoms with Crippen LogP contribution in [0.4, 0.5) is 0 Å². The molecule has 88 valence electrons. The molecule has 1 aromatic heterocycles. The van der Waals surface area contributed by atoms with Crippen LogP contribution in [0.2, 0.25) is 0 Å². The average molecular weight is 242 g/mol. The first-order valence-corrected chi connectivity index (χ1v) is 6.01. The van der Waals surface area contributed by atoms with Crippen LogP contribution in [-0.4, -0.2) is 47.3 Å². The maximum absolute atomic E-state index is 10.5. The second kappa shape index (κ2) is 5.38. The Labute approximate surface area is 97.7 Å². The third-order valence-electron chi connectivity index (χ3n) is 2.39. The highest BCUT2D eigenvalue weighted by Crippen LogP contribution is 2.16. The third-order valence-corrected chi connectivity index (χ3v) is 3.37. The molecule has 0 amide bonds. The number of thiazole rings is 1. The first kappa shape index (κ1) is 11.5. The number of hydrogen-bond acceptors (Lipinski definition) is 5. The maximum atomic E-state index is 10.5. The number of nitrogens with zero attached hydrogens (tertiary/aromatic N) is 2. The van der Waals surface area contributed by atoms with Crippen molar-refractivity contribution in [1.29, 1.82) is 0 Å². The van der Waals surface area contributed by atoms with E-state index in [2.05, 4.69) is 9.88 Å². The molecule has 1 saturated heterocycles. The minimum atomic E-state index is -0.804. The predicted molar refractivity (Wildman–Crippen MR) is 59.5 cm³/mol. The lowest BCUT2D eigenvalue weighted by atomic mass is 10.4. The lowest BCUT2D eigenvalue weighted by Gasteiger charge is -2.25. The van der Waals surface area contributed by atoms with Crippen molar-refractivity contribution in [3.8, 4) is 0 Å². The molecule has 0 unspecified atom stereocenters. The van der Waals surface area contributed by atoms with E-state index in [0.717, 1.165) is 42.7 Å². The minimum Gasteiger partial charge on any atom is -0.481 e. The van der Waals surface area contributed by atoms with Gasteiger partial charge in [-0.05, 0) is 0 Å². The van der Waals surface area contributed by atoms with Gasteiger partial charge in [-0.2, -0.15) is 0 Å². The van der Waals surface area contributed by atoms with Crippen LogP contribution in [0.3, 0.4) is 0 Å². The number of carboxylic acids is 1. The second-order valence-electron chi connectivity index (χ2n) is 3.68. The van der Waals surface area contributed by atoms with Crippen molar-refractivity contribution in [1.82, 2.24) is 9.88 Å². The first-order valence-electron chi connectivity index (χ1n) is 5.19. The topological polar surface area (TPSA) is 62.7 Å². The monoisotopic (exact) mass is 242 g/mol. The summed E-state index contributed by atoms with van der Waals surface area (Å²) in [5.41, 5.74) is 0. The molecule has 1 aliphatic heterocycles. The fraction of sp³-hybridized carbons (Fsp3) is 0.600. The molecule has 16 heavy (non-hydrogen) atoms. The molecule has 1 aliphatic rings. The largest absolute Gasteiger partial charge is 0.481 e. The summed E-state index contributed by atoms with van der Waals surface area (Å²) in [5.74, 6) is -0.804. The van der Waals surface area contributed by atoms with Gasteiger partial charge in [-0.3, -0.25) is 9.69 Å². The van der Waals surface area contributed by atoms with Crippen LogP contribution in [0.5, 0.6) is 0 Å². The van der Waals surface area contributed by atoms with Gasteiger partial charge >= 0.3 is 5.97 Å². The zero-order valence-corrected chi connectivity index (χ0v) is 9.70. The van der Waals surface area contributed by atoms with Crippen LogP contribution in [0, 0.1) is 0 Å². The van der Waals surface area contributed by atoms with Crippen LogP contribution in [0.25, 0.3) is 0 Å². The number of aliphatic carboxylic acids is 1. The van der Waals surface area contributed by atoms with Crippen LogP contribution < -0.4 is 0 Å². The fourth-order valence-corrected chi connectivity index (χ4v) is 2.56. The first-order chi connectivity index (χ1) is 7.74. The Morgan fingerprint density at radius 3 is 3.00 bits per heavy atom. The molecule has 1 N–H and O–H groups in total. The molecule has 5 nitrogen and oxygen atoms in total. The van der Waals surface area contributed by atoms with Crippen molar-refractivity contribution in [2.24, 2.45) is 0 Å². The summed E-state index contributed by atoms with van der Waals surface area (Å²) in [5, 5.41) is 9.63. The summed E-state index contributed by atoms with van der Waals surface area (Å²) < 4.78 is 5.26. The zero-order chi connectivity index (χ0) is 11.4. The summed E-state index contributed by atoms with van der Waals surface area (Å²) in [7, 11) is 0. The molecule has 2 rings (SSSR count). The SMILES string of the molecule is O=C(O)Cc1cnc(CN2CCOCC2)s1. The van der Waals surface area contributed by atoms with Gasteiger partial charge in [0.2, 0.25) is 0 Å². The van der Waals surface area contributed by atoms with Crippen LogP contribution in [-0.2, 0) is 22.5 Å². The molecule has 0 aromatic carbocycles. The molecule has 0 atom stereocenters. The normalized spacial score (nSPS) is 17.5. The Balaban J connectivity index is 1.88. The molecule has 2 heterocycles. The molecule has 0 bridgehead atoms. The summed E-state index contributed by atoms with van der Waals surface area (Å²) in [6.07, 6.45) is 1.73. The Hall–Kier alpha value is -0.980. The van der Waals surface area contributed by atoms with E-state index < -0.39 is 5.97 Å². The van der Waals surface area contributed by atoms with Crippen molar-refractivity contribution in [3.63, 3.8) is 0 Å². The van der Waals surface area contributed by atoms with Crippen molar-refractivity contribution < 1.29 is 14.6 Å². The van der Waals surface area contributed by atoms with Gasteiger partial charge in [0, 0.05) is 24.2 Å². The zero-order valence-electron chi connectivity index (χ0n) is 8.89. The molecule has 1 aromatic rings. The van der Waals surface area contributed by atoms with Crippen molar-refractivity contribution in [2.75, 3.05) is 26.3 Å². The second-order valence-corrected chi connectivity index (χ2v) is 4.88. The van der Waals surface area contributed by atoms with Gasteiger partial charge in [0.15, 0.2) is 0 Å². The van der Waals surface area contributed by atoms with Gasteiger partial charge < -0.3 is 9.84 Å². The van der Waals surface area contributed by atoms with Crippen LogP contribution in [0.15, 0.2) is 6.20 Å². The quantitative estimate of drug-likeness (QED) is 0.837. The average Bonchev–Trinajstić information content (AvgIpc) is 2.66. The predicted octanol–water partition coefficient (Wildman–Crippen LogP) is 0.602. The summed E-state index contributed by atoms with van der Waals surface area (Å²) in [6, 6.07) is 0. The highest BCUT2D eigenvalue weighted by Gasteiger charge is 2.13. The van der Waals surface area contributed by atoms with Gasteiger partial charge in [-0.15, -0.1) is 11.3 Å².